The zero-order valence-electron chi connectivity index (χ0n) is 14.6. The number of halogens is 1. The van der Waals surface area contributed by atoms with Crippen LogP contribution in [0.15, 0.2) is 34.8 Å². The van der Waals surface area contributed by atoms with Gasteiger partial charge in [0.1, 0.15) is 0 Å². The van der Waals surface area contributed by atoms with E-state index >= 15 is 0 Å². The average Bonchev–Trinajstić information content (AvgIpc) is 3.21. The van der Waals surface area contributed by atoms with Gasteiger partial charge in [-0.05, 0) is 31.2 Å². The summed E-state index contributed by atoms with van der Waals surface area (Å²) in [7, 11) is 1.94. The van der Waals surface area contributed by atoms with Crippen molar-refractivity contribution in [3.63, 3.8) is 0 Å². The summed E-state index contributed by atoms with van der Waals surface area (Å²) in [5.41, 5.74) is 1.89. The highest BCUT2D eigenvalue weighted by molar-refractivity contribution is 7.98. The van der Waals surface area contributed by atoms with Crippen molar-refractivity contribution in [2.24, 2.45) is 7.05 Å². The molecule has 0 bridgehead atoms. The van der Waals surface area contributed by atoms with Crippen LogP contribution in [0.25, 0.3) is 11.4 Å². The summed E-state index contributed by atoms with van der Waals surface area (Å²) in [4.78, 5) is 17.8. The molecule has 0 atom stereocenters. The second-order valence-electron chi connectivity index (χ2n) is 5.55. The van der Waals surface area contributed by atoms with E-state index in [9.17, 15) is 4.79 Å². The minimum Gasteiger partial charge on any atom is -0.305 e. The summed E-state index contributed by atoms with van der Waals surface area (Å²) < 4.78 is 1.95. The summed E-state index contributed by atoms with van der Waals surface area (Å²) in [6, 6.07) is 7.52. The Hall–Kier alpha value is -1.90. The number of carbonyl (C=O) groups is 1. The summed E-state index contributed by atoms with van der Waals surface area (Å²) in [6.45, 7) is 4.11. The number of thiazole rings is 1. The van der Waals surface area contributed by atoms with Gasteiger partial charge in [0.15, 0.2) is 16.1 Å². The van der Waals surface area contributed by atoms with Crippen LogP contribution in [0, 0.1) is 0 Å². The Labute approximate surface area is 165 Å². The third-order valence-electron chi connectivity index (χ3n) is 3.75. The zero-order valence-corrected chi connectivity index (χ0v) is 17.0. The highest BCUT2D eigenvalue weighted by Crippen LogP contribution is 2.28. The van der Waals surface area contributed by atoms with Crippen LogP contribution in [0.2, 0.25) is 5.02 Å². The number of hydrogen-bond acceptors (Lipinski definition) is 6. The molecule has 0 unspecified atom stereocenters. The Morgan fingerprint density at radius 3 is 2.69 bits per heavy atom. The van der Waals surface area contributed by atoms with E-state index in [-0.39, 0.29) is 5.91 Å². The van der Waals surface area contributed by atoms with Crippen LogP contribution in [0.5, 0.6) is 0 Å². The Kier molecular flexibility index (Phi) is 5.95. The Bertz CT molecular complexity index is 906. The molecular weight excluding hydrogens is 390 g/mol. The number of amides is 1. The maximum atomic E-state index is 11.6. The molecule has 2 aromatic heterocycles. The molecule has 0 spiro atoms. The highest BCUT2D eigenvalue weighted by Gasteiger charge is 2.15. The number of thioether (sulfide) groups is 1. The lowest BCUT2D eigenvalue weighted by atomic mass is 10.2. The molecule has 26 heavy (non-hydrogen) atoms. The van der Waals surface area contributed by atoms with Crippen molar-refractivity contribution in [1.82, 2.24) is 19.7 Å². The average molecular weight is 408 g/mol. The molecule has 9 heteroatoms. The summed E-state index contributed by atoms with van der Waals surface area (Å²) >= 11 is 8.98. The SMILES string of the molecule is CCN(C(C)=O)c1nc(CSc2nnc(-c3ccc(Cl)cc3)n2C)cs1. The summed E-state index contributed by atoms with van der Waals surface area (Å²) in [5.74, 6) is 1.46. The van der Waals surface area contributed by atoms with Crippen LogP contribution in [0.4, 0.5) is 5.13 Å². The third-order valence-corrected chi connectivity index (χ3v) is 5.97. The molecule has 0 fully saturated rings. The highest BCUT2D eigenvalue weighted by atomic mass is 35.5. The van der Waals surface area contributed by atoms with Gasteiger partial charge in [-0.15, -0.1) is 21.5 Å². The molecule has 2 heterocycles. The van der Waals surface area contributed by atoms with Gasteiger partial charge >= 0.3 is 0 Å². The van der Waals surface area contributed by atoms with Crippen LogP contribution in [-0.4, -0.2) is 32.2 Å². The Balaban J connectivity index is 1.70. The first kappa shape index (κ1) is 18.9. The van der Waals surface area contributed by atoms with Gasteiger partial charge in [0, 0.05) is 42.2 Å². The van der Waals surface area contributed by atoms with Crippen molar-refractivity contribution >= 4 is 45.7 Å². The van der Waals surface area contributed by atoms with Gasteiger partial charge in [-0.3, -0.25) is 9.69 Å². The van der Waals surface area contributed by atoms with Crippen molar-refractivity contribution in [1.29, 1.82) is 0 Å². The number of rotatable bonds is 6. The maximum Gasteiger partial charge on any atom is 0.225 e. The van der Waals surface area contributed by atoms with Gasteiger partial charge < -0.3 is 4.57 Å². The molecule has 0 aliphatic carbocycles. The Morgan fingerprint density at radius 1 is 1.31 bits per heavy atom. The Morgan fingerprint density at radius 2 is 2.04 bits per heavy atom. The lowest BCUT2D eigenvalue weighted by Crippen LogP contribution is -2.27. The van der Waals surface area contributed by atoms with E-state index in [1.165, 1.54) is 11.3 Å². The molecule has 6 nitrogen and oxygen atoms in total. The van der Waals surface area contributed by atoms with E-state index in [0.29, 0.717) is 17.3 Å². The fourth-order valence-electron chi connectivity index (χ4n) is 2.41. The third kappa shape index (κ3) is 4.08. The molecule has 136 valence electrons. The zero-order chi connectivity index (χ0) is 18.7. The van der Waals surface area contributed by atoms with E-state index in [0.717, 1.165) is 27.4 Å². The molecule has 0 aliphatic heterocycles. The largest absolute Gasteiger partial charge is 0.305 e. The van der Waals surface area contributed by atoms with Crippen LogP contribution >= 0.6 is 34.7 Å². The van der Waals surface area contributed by atoms with E-state index in [1.54, 1.807) is 23.6 Å². The van der Waals surface area contributed by atoms with Gasteiger partial charge in [-0.25, -0.2) is 4.98 Å². The summed E-state index contributed by atoms with van der Waals surface area (Å²) in [6.07, 6.45) is 0. The van der Waals surface area contributed by atoms with Crippen LogP contribution in [0.1, 0.15) is 19.5 Å². The number of aromatic nitrogens is 4. The quantitative estimate of drug-likeness (QED) is 0.571. The molecular formula is C17H18ClN5OS2. The van der Waals surface area contributed by atoms with Gasteiger partial charge in [0.05, 0.1) is 5.69 Å². The second kappa shape index (κ2) is 8.20. The van der Waals surface area contributed by atoms with Crippen LogP contribution in [-0.2, 0) is 17.6 Å². The van der Waals surface area contributed by atoms with E-state index in [2.05, 4.69) is 15.2 Å². The van der Waals surface area contributed by atoms with Crippen molar-refractivity contribution in [2.45, 2.75) is 24.8 Å². The standard InChI is InChI=1S/C17H18ClN5OS2/c1-4-23(11(2)24)16-19-14(9-25-16)10-26-17-21-20-15(22(17)3)12-5-7-13(18)8-6-12/h5-9H,4,10H2,1-3H3. The minimum absolute atomic E-state index is 0.00182. The van der Waals surface area contributed by atoms with Crippen LogP contribution < -0.4 is 4.90 Å². The van der Waals surface area contributed by atoms with Crippen molar-refractivity contribution < 1.29 is 4.79 Å². The van der Waals surface area contributed by atoms with Gasteiger partial charge in [-0.2, -0.15) is 0 Å². The molecule has 0 saturated carbocycles. The number of anilines is 1. The first-order chi connectivity index (χ1) is 12.5. The number of benzene rings is 1. The fraction of sp³-hybridized carbons (Fsp3) is 0.294. The molecule has 1 aromatic carbocycles. The minimum atomic E-state index is 0.00182. The van der Waals surface area contributed by atoms with Crippen molar-refractivity contribution in [3.8, 4) is 11.4 Å². The van der Waals surface area contributed by atoms with Crippen molar-refractivity contribution in [2.75, 3.05) is 11.4 Å². The molecule has 0 N–H and O–H groups in total. The first-order valence-electron chi connectivity index (χ1n) is 8.00. The predicted octanol–water partition coefficient (Wildman–Crippen LogP) is 4.26. The predicted molar refractivity (Wildman–Crippen MR) is 107 cm³/mol. The molecule has 0 radical (unpaired) electrons. The van der Waals surface area contributed by atoms with Gasteiger partial charge in [0.2, 0.25) is 5.91 Å². The maximum absolute atomic E-state index is 11.6. The topological polar surface area (TPSA) is 63.9 Å². The van der Waals surface area contributed by atoms with E-state index < -0.39 is 0 Å². The van der Waals surface area contributed by atoms with E-state index in [1.807, 2.05) is 48.2 Å². The second-order valence-corrected chi connectivity index (χ2v) is 7.76. The van der Waals surface area contributed by atoms with Crippen LogP contribution in [0.3, 0.4) is 0 Å². The molecule has 3 aromatic rings. The van der Waals surface area contributed by atoms with Gasteiger partial charge in [0.25, 0.3) is 0 Å². The molecule has 0 saturated heterocycles. The normalized spacial score (nSPS) is 10.9. The monoisotopic (exact) mass is 407 g/mol. The number of hydrogen-bond donors (Lipinski definition) is 0. The van der Waals surface area contributed by atoms with E-state index in [4.69, 9.17) is 11.6 Å². The molecule has 3 rings (SSSR count). The fourth-order valence-corrected chi connectivity index (χ4v) is 4.38. The number of nitrogens with zero attached hydrogens (tertiary/aromatic N) is 5. The smallest absolute Gasteiger partial charge is 0.225 e. The lowest BCUT2D eigenvalue weighted by Gasteiger charge is -2.14. The number of carbonyl (C=O) groups excluding carboxylic acids is 1. The van der Waals surface area contributed by atoms with Gasteiger partial charge in [-0.1, -0.05) is 23.4 Å². The van der Waals surface area contributed by atoms with Crippen molar-refractivity contribution in [3.05, 3.63) is 40.4 Å². The molecule has 0 aliphatic rings. The lowest BCUT2D eigenvalue weighted by molar-refractivity contribution is -0.116. The summed E-state index contributed by atoms with van der Waals surface area (Å²) in [5, 5.41) is 12.8. The first-order valence-corrected chi connectivity index (χ1v) is 10.2. The molecule has 1 amide bonds.